The van der Waals surface area contributed by atoms with E-state index in [0.29, 0.717) is 23.1 Å². The highest BCUT2D eigenvalue weighted by Gasteiger charge is 2.19. The first-order valence-electron chi connectivity index (χ1n) is 6.41. The first-order chi connectivity index (χ1) is 10.0. The number of carboxylic acids is 1. The number of thioether (sulfide) groups is 1. The molecule has 21 heavy (non-hydrogen) atoms. The summed E-state index contributed by atoms with van der Waals surface area (Å²) in [5.74, 6) is -0.321. The van der Waals surface area contributed by atoms with Crippen LogP contribution in [0.3, 0.4) is 0 Å². The van der Waals surface area contributed by atoms with Crippen LogP contribution >= 0.6 is 11.8 Å². The Morgan fingerprint density at radius 3 is 2.95 bits per heavy atom. The molecule has 2 rings (SSSR count). The number of carbonyl (C=O) groups is 1. The predicted octanol–water partition coefficient (Wildman–Crippen LogP) is 2.11. The molecule has 0 unspecified atom stereocenters. The van der Waals surface area contributed by atoms with Crippen LogP contribution in [-0.2, 0) is 4.79 Å². The van der Waals surface area contributed by atoms with Gasteiger partial charge in [-0.2, -0.15) is 16.7 Å². The van der Waals surface area contributed by atoms with Crippen molar-refractivity contribution in [2.24, 2.45) is 0 Å². The number of anilines is 1. The van der Waals surface area contributed by atoms with E-state index in [-0.39, 0.29) is 6.01 Å². The molecule has 112 valence electrons. The Bertz CT molecular complexity index is 714. The monoisotopic (exact) mass is 308 g/mol. The number of nitrogens with zero attached hydrogens (tertiary/aromatic N) is 1. The van der Waals surface area contributed by atoms with Gasteiger partial charge in [0.05, 0.1) is 5.39 Å². The Labute approximate surface area is 125 Å². The number of hydrogen-bond donors (Lipinski definition) is 2. The lowest BCUT2D eigenvalue weighted by Crippen LogP contribution is -2.31. The maximum absolute atomic E-state index is 12.0. The molecule has 0 fully saturated rings. The molecular weight excluding hydrogens is 292 g/mol. The van der Waals surface area contributed by atoms with Crippen molar-refractivity contribution in [1.82, 2.24) is 4.98 Å². The Morgan fingerprint density at radius 2 is 2.29 bits per heavy atom. The van der Waals surface area contributed by atoms with Crippen molar-refractivity contribution in [2.75, 3.05) is 17.3 Å². The van der Waals surface area contributed by atoms with E-state index in [1.165, 1.54) is 0 Å². The van der Waals surface area contributed by atoms with E-state index in [0.717, 1.165) is 5.56 Å². The van der Waals surface area contributed by atoms with Gasteiger partial charge in [-0.3, -0.25) is 4.79 Å². The van der Waals surface area contributed by atoms with E-state index < -0.39 is 17.6 Å². The molecule has 0 spiro atoms. The van der Waals surface area contributed by atoms with Gasteiger partial charge in [0.2, 0.25) is 0 Å². The average Bonchev–Trinajstić information content (AvgIpc) is 2.42. The zero-order valence-corrected chi connectivity index (χ0v) is 12.6. The highest BCUT2D eigenvalue weighted by Crippen LogP contribution is 2.17. The maximum Gasteiger partial charge on any atom is 0.326 e. The van der Waals surface area contributed by atoms with Crippen molar-refractivity contribution in [3.8, 4) is 0 Å². The van der Waals surface area contributed by atoms with E-state index in [2.05, 4.69) is 10.3 Å². The molecule has 0 saturated heterocycles. The number of fused-ring (bicyclic) bond motifs is 1. The Balaban J connectivity index is 2.34. The van der Waals surface area contributed by atoms with Gasteiger partial charge < -0.3 is 14.8 Å². The molecule has 0 aliphatic rings. The minimum Gasteiger partial charge on any atom is -0.480 e. The van der Waals surface area contributed by atoms with Crippen LogP contribution in [0.2, 0.25) is 0 Å². The van der Waals surface area contributed by atoms with Crippen LogP contribution in [0.4, 0.5) is 6.01 Å². The summed E-state index contributed by atoms with van der Waals surface area (Å²) in [6, 6.07) is 4.33. The van der Waals surface area contributed by atoms with Crippen LogP contribution in [0, 0.1) is 6.92 Å². The van der Waals surface area contributed by atoms with E-state index >= 15 is 0 Å². The second kappa shape index (κ2) is 6.62. The fourth-order valence-corrected chi connectivity index (χ4v) is 2.45. The number of hydrogen-bond acceptors (Lipinski definition) is 6. The number of benzene rings is 1. The summed E-state index contributed by atoms with van der Waals surface area (Å²) in [4.78, 5) is 27.0. The molecular formula is C14H16N2O4S. The second-order valence-electron chi connectivity index (χ2n) is 4.59. The lowest BCUT2D eigenvalue weighted by molar-refractivity contribution is -0.138. The van der Waals surface area contributed by atoms with E-state index in [1.807, 2.05) is 6.26 Å². The molecule has 7 heteroatoms. The number of rotatable bonds is 6. The lowest BCUT2D eigenvalue weighted by Gasteiger charge is -2.13. The van der Waals surface area contributed by atoms with Gasteiger partial charge in [0.25, 0.3) is 11.6 Å². The molecule has 0 saturated carbocycles. The average molecular weight is 308 g/mol. The van der Waals surface area contributed by atoms with Crippen LogP contribution in [0.5, 0.6) is 0 Å². The summed E-state index contributed by atoms with van der Waals surface area (Å²) in [7, 11) is 0. The summed E-state index contributed by atoms with van der Waals surface area (Å²) in [5, 5.41) is 12.3. The molecule has 0 amide bonds. The van der Waals surface area contributed by atoms with Crippen molar-refractivity contribution in [3.05, 3.63) is 34.1 Å². The number of aromatic nitrogens is 1. The van der Waals surface area contributed by atoms with Crippen molar-refractivity contribution in [3.63, 3.8) is 0 Å². The minimum atomic E-state index is -1.00. The third-order valence-electron chi connectivity index (χ3n) is 3.06. The molecule has 1 aromatic heterocycles. The van der Waals surface area contributed by atoms with Gasteiger partial charge in [0.15, 0.2) is 0 Å². The van der Waals surface area contributed by atoms with Crippen molar-refractivity contribution >= 4 is 34.7 Å². The number of nitrogens with one attached hydrogen (secondary N) is 1. The largest absolute Gasteiger partial charge is 0.480 e. The van der Waals surface area contributed by atoms with Gasteiger partial charge in [-0.25, -0.2) is 4.79 Å². The zero-order chi connectivity index (χ0) is 15.4. The molecule has 0 radical (unpaired) electrons. The molecule has 1 atom stereocenters. The molecule has 0 aliphatic carbocycles. The van der Waals surface area contributed by atoms with Gasteiger partial charge >= 0.3 is 5.97 Å². The van der Waals surface area contributed by atoms with Crippen molar-refractivity contribution in [1.29, 1.82) is 0 Å². The molecule has 1 heterocycles. The number of aliphatic carboxylic acids is 1. The van der Waals surface area contributed by atoms with Gasteiger partial charge in [-0.1, -0.05) is 12.1 Å². The second-order valence-corrected chi connectivity index (χ2v) is 5.57. The zero-order valence-electron chi connectivity index (χ0n) is 11.8. The smallest absolute Gasteiger partial charge is 0.326 e. The van der Waals surface area contributed by atoms with E-state index in [1.54, 1.807) is 36.9 Å². The van der Waals surface area contributed by atoms with Crippen LogP contribution < -0.4 is 10.9 Å². The topological polar surface area (TPSA) is 92.4 Å². The Kier molecular flexibility index (Phi) is 4.85. The maximum atomic E-state index is 12.0. The summed E-state index contributed by atoms with van der Waals surface area (Å²) in [6.07, 6.45) is 2.31. The number of carboxylic acid groups (broad SMARTS) is 1. The fourth-order valence-electron chi connectivity index (χ4n) is 1.98. The molecule has 0 bridgehead atoms. The molecule has 2 N–H and O–H groups in total. The SMILES string of the molecule is CSCC[C@H](Nc1nc(=O)c2c(C)cccc2o1)C(=O)O. The minimum absolute atomic E-state index is 0.0633. The third kappa shape index (κ3) is 3.55. The first kappa shape index (κ1) is 15.4. The van der Waals surface area contributed by atoms with Crippen LogP contribution in [-0.4, -0.2) is 34.1 Å². The molecule has 2 aromatic rings. The molecule has 0 aliphatic heterocycles. The highest BCUT2D eigenvalue weighted by atomic mass is 32.2. The lowest BCUT2D eigenvalue weighted by atomic mass is 10.1. The third-order valence-corrected chi connectivity index (χ3v) is 3.71. The van der Waals surface area contributed by atoms with Crippen LogP contribution in [0.1, 0.15) is 12.0 Å². The quantitative estimate of drug-likeness (QED) is 0.844. The van der Waals surface area contributed by atoms with Crippen LogP contribution in [0.15, 0.2) is 27.4 Å². The standard InChI is InChI=1S/C14H16N2O4S/c1-8-4-3-5-10-11(8)12(17)16-14(20-10)15-9(13(18)19)6-7-21-2/h3-5,9H,6-7H2,1-2H3,(H,18,19)(H,15,16,17)/t9-/m0/s1. The van der Waals surface area contributed by atoms with Crippen LogP contribution in [0.25, 0.3) is 11.0 Å². The fraction of sp³-hybridized carbons (Fsp3) is 0.357. The Hall–Kier alpha value is -2.02. The van der Waals surface area contributed by atoms with E-state index in [9.17, 15) is 9.59 Å². The number of aryl methyl sites for hydroxylation is 1. The van der Waals surface area contributed by atoms with Gasteiger partial charge in [-0.05, 0) is 37.0 Å². The highest BCUT2D eigenvalue weighted by molar-refractivity contribution is 7.98. The van der Waals surface area contributed by atoms with Gasteiger partial charge in [0, 0.05) is 0 Å². The molecule has 6 nitrogen and oxygen atoms in total. The van der Waals surface area contributed by atoms with Crippen molar-refractivity contribution < 1.29 is 14.3 Å². The normalized spacial score (nSPS) is 12.3. The summed E-state index contributed by atoms with van der Waals surface area (Å²) < 4.78 is 5.49. The van der Waals surface area contributed by atoms with Crippen molar-refractivity contribution in [2.45, 2.75) is 19.4 Å². The molecule has 1 aromatic carbocycles. The first-order valence-corrected chi connectivity index (χ1v) is 7.81. The summed E-state index contributed by atoms with van der Waals surface area (Å²) in [5.41, 5.74) is 0.745. The van der Waals surface area contributed by atoms with E-state index in [4.69, 9.17) is 9.52 Å². The van der Waals surface area contributed by atoms with Gasteiger partial charge in [0.1, 0.15) is 11.6 Å². The summed E-state index contributed by atoms with van der Waals surface area (Å²) >= 11 is 1.55. The summed E-state index contributed by atoms with van der Waals surface area (Å²) in [6.45, 7) is 1.80. The Morgan fingerprint density at radius 1 is 1.52 bits per heavy atom. The van der Waals surface area contributed by atoms with Gasteiger partial charge in [-0.15, -0.1) is 0 Å². The predicted molar refractivity (Wildman–Crippen MR) is 83.1 cm³/mol.